The summed E-state index contributed by atoms with van der Waals surface area (Å²) in [5, 5.41) is 13.1. The number of hydrogen-bond donors (Lipinski definition) is 2. The number of halogens is 1. The smallest absolute Gasteiger partial charge is 0.123 e. The third-order valence-electron chi connectivity index (χ3n) is 3.41. The van der Waals surface area contributed by atoms with Gasteiger partial charge in [0, 0.05) is 6.54 Å². The molecule has 0 aromatic heterocycles. The molecule has 0 radical (unpaired) electrons. The highest BCUT2D eigenvalue weighted by atomic mass is 32.2. The molecule has 2 N–H and O–H groups in total. The summed E-state index contributed by atoms with van der Waals surface area (Å²) in [4.78, 5) is 0. The van der Waals surface area contributed by atoms with Crippen molar-refractivity contribution in [1.29, 1.82) is 0 Å². The van der Waals surface area contributed by atoms with E-state index in [1.165, 1.54) is 36.5 Å². The second-order valence-corrected chi connectivity index (χ2v) is 6.36. The molecule has 0 amide bonds. The van der Waals surface area contributed by atoms with E-state index in [4.69, 9.17) is 4.74 Å². The maximum absolute atomic E-state index is 12.7. The molecule has 0 saturated carbocycles. The number of nitrogens with one attached hydrogen (secondary N) is 1. The van der Waals surface area contributed by atoms with Gasteiger partial charge in [-0.1, -0.05) is 0 Å². The molecular formula is C15H22FNO2S. The molecule has 0 bridgehead atoms. The van der Waals surface area contributed by atoms with Gasteiger partial charge in [-0.05, 0) is 61.1 Å². The quantitative estimate of drug-likeness (QED) is 0.810. The van der Waals surface area contributed by atoms with Crippen LogP contribution in [0, 0.1) is 11.7 Å². The zero-order valence-corrected chi connectivity index (χ0v) is 12.4. The number of aliphatic hydroxyl groups is 1. The summed E-state index contributed by atoms with van der Waals surface area (Å²) in [6.45, 7) is 1.72. The molecule has 3 nitrogen and oxygen atoms in total. The maximum atomic E-state index is 12.7. The highest BCUT2D eigenvalue weighted by molar-refractivity contribution is 7.99. The Hall–Kier alpha value is -0.780. The Morgan fingerprint density at radius 1 is 1.30 bits per heavy atom. The van der Waals surface area contributed by atoms with Gasteiger partial charge in [-0.25, -0.2) is 4.39 Å². The number of aliphatic hydroxyl groups excluding tert-OH is 1. The van der Waals surface area contributed by atoms with E-state index in [0.29, 0.717) is 12.3 Å². The molecular weight excluding hydrogens is 277 g/mol. The minimum Gasteiger partial charge on any atom is -0.491 e. The fourth-order valence-corrected chi connectivity index (χ4v) is 3.39. The van der Waals surface area contributed by atoms with Gasteiger partial charge >= 0.3 is 0 Å². The lowest BCUT2D eigenvalue weighted by Gasteiger charge is -2.22. The van der Waals surface area contributed by atoms with Gasteiger partial charge in [-0.2, -0.15) is 11.8 Å². The van der Waals surface area contributed by atoms with Crippen molar-refractivity contribution in [2.75, 3.05) is 31.2 Å². The standard InChI is InChI=1S/C15H22FNO2S/c16-13-1-3-15(4-2-13)19-11-14(18)10-17-9-12-5-7-20-8-6-12/h1-4,12,14,17-18H,5-11H2. The lowest BCUT2D eigenvalue weighted by molar-refractivity contribution is 0.105. The Morgan fingerprint density at radius 2 is 2.00 bits per heavy atom. The van der Waals surface area contributed by atoms with Crippen molar-refractivity contribution < 1.29 is 14.2 Å². The van der Waals surface area contributed by atoms with E-state index < -0.39 is 6.10 Å². The van der Waals surface area contributed by atoms with E-state index in [-0.39, 0.29) is 12.4 Å². The van der Waals surface area contributed by atoms with Gasteiger partial charge in [-0.15, -0.1) is 0 Å². The molecule has 1 unspecified atom stereocenters. The summed E-state index contributed by atoms with van der Waals surface area (Å²) in [6.07, 6.45) is 1.98. The highest BCUT2D eigenvalue weighted by Gasteiger charge is 2.13. The number of hydrogen-bond acceptors (Lipinski definition) is 4. The third kappa shape index (κ3) is 5.69. The number of ether oxygens (including phenoxy) is 1. The minimum atomic E-state index is -0.544. The lowest BCUT2D eigenvalue weighted by Crippen LogP contribution is -2.35. The molecule has 1 aliphatic heterocycles. The lowest BCUT2D eigenvalue weighted by atomic mass is 10.0. The van der Waals surface area contributed by atoms with E-state index in [9.17, 15) is 9.50 Å². The Labute approximate surface area is 123 Å². The van der Waals surface area contributed by atoms with Crippen LogP contribution in [0.2, 0.25) is 0 Å². The third-order valence-corrected chi connectivity index (χ3v) is 4.46. The van der Waals surface area contributed by atoms with Gasteiger partial charge < -0.3 is 15.2 Å². The van der Waals surface area contributed by atoms with Crippen LogP contribution in [-0.2, 0) is 0 Å². The van der Waals surface area contributed by atoms with Crippen molar-refractivity contribution in [2.45, 2.75) is 18.9 Å². The predicted molar refractivity (Wildman–Crippen MR) is 80.8 cm³/mol. The zero-order valence-electron chi connectivity index (χ0n) is 11.6. The van der Waals surface area contributed by atoms with Crippen molar-refractivity contribution >= 4 is 11.8 Å². The van der Waals surface area contributed by atoms with Crippen LogP contribution in [0.25, 0.3) is 0 Å². The van der Waals surface area contributed by atoms with E-state index >= 15 is 0 Å². The average molecular weight is 299 g/mol. The topological polar surface area (TPSA) is 41.5 Å². The molecule has 1 saturated heterocycles. The van der Waals surface area contributed by atoms with Crippen molar-refractivity contribution in [3.63, 3.8) is 0 Å². The highest BCUT2D eigenvalue weighted by Crippen LogP contribution is 2.21. The number of rotatable bonds is 7. The Balaban J connectivity index is 1.57. The Bertz CT molecular complexity index is 382. The van der Waals surface area contributed by atoms with Crippen LogP contribution in [0.5, 0.6) is 5.75 Å². The van der Waals surface area contributed by atoms with Crippen molar-refractivity contribution in [1.82, 2.24) is 5.32 Å². The second kappa shape index (κ2) is 8.49. The molecule has 112 valence electrons. The first-order valence-corrected chi connectivity index (χ1v) is 8.24. The Kier molecular flexibility index (Phi) is 6.63. The van der Waals surface area contributed by atoms with Crippen LogP contribution in [0.1, 0.15) is 12.8 Å². The molecule has 5 heteroatoms. The molecule has 20 heavy (non-hydrogen) atoms. The van der Waals surface area contributed by atoms with Gasteiger partial charge in [0.25, 0.3) is 0 Å². The van der Waals surface area contributed by atoms with E-state index in [1.54, 1.807) is 12.1 Å². The summed E-state index contributed by atoms with van der Waals surface area (Å²) < 4.78 is 18.1. The van der Waals surface area contributed by atoms with Gasteiger partial charge in [0.2, 0.25) is 0 Å². The van der Waals surface area contributed by atoms with Crippen molar-refractivity contribution in [3.8, 4) is 5.75 Å². The molecule has 0 aliphatic carbocycles. The van der Waals surface area contributed by atoms with E-state index in [2.05, 4.69) is 5.32 Å². The van der Waals surface area contributed by atoms with Gasteiger partial charge in [-0.3, -0.25) is 0 Å². The number of thioether (sulfide) groups is 1. The number of benzene rings is 1. The largest absolute Gasteiger partial charge is 0.491 e. The second-order valence-electron chi connectivity index (χ2n) is 5.13. The van der Waals surface area contributed by atoms with E-state index in [0.717, 1.165) is 12.5 Å². The SMILES string of the molecule is OC(CNCC1CCSCC1)COc1ccc(F)cc1. The summed E-state index contributed by atoms with van der Waals surface area (Å²) >= 11 is 2.02. The van der Waals surface area contributed by atoms with E-state index in [1.807, 2.05) is 11.8 Å². The Morgan fingerprint density at radius 3 is 2.70 bits per heavy atom. The minimum absolute atomic E-state index is 0.221. The van der Waals surface area contributed by atoms with Crippen molar-refractivity contribution in [2.24, 2.45) is 5.92 Å². The first-order valence-electron chi connectivity index (χ1n) is 7.09. The van der Waals surface area contributed by atoms with Crippen LogP contribution in [0.4, 0.5) is 4.39 Å². The average Bonchev–Trinajstić information content (AvgIpc) is 2.48. The van der Waals surface area contributed by atoms with Gasteiger partial charge in [0.05, 0.1) is 0 Å². The molecule has 0 spiro atoms. The summed E-state index contributed by atoms with van der Waals surface area (Å²) in [5.41, 5.74) is 0. The molecule has 2 rings (SSSR count). The van der Waals surface area contributed by atoms with Crippen molar-refractivity contribution in [3.05, 3.63) is 30.1 Å². The molecule has 1 atom stereocenters. The molecule has 1 fully saturated rings. The summed E-state index contributed by atoms with van der Waals surface area (Å²) in [6, 6.07) is 5.83. The van der Waals surface area contributed by atoms with Gasteiger partial charge in [0.15, 0.2) is 0 Å². The van der Waals surface area contributed by atoms with Crippen LogP contribution in [-0.4, -0.2) is 42.4 Å². The fraction of sp³-hybridized carbons (Fsp3) is 0.600. The van der Waals surface area contributed by atoms with Crippen LogP contribution in [0.15, 0.2) is 24.3 Å². The van der Waals surface area contributed by atoms with Crippen LogP contribution >= 0.6 is 11.8 Å². The first kappa shape index (κ1) is 15.6. The summed E-state index contributed by atoms with van der Waals surface area (Å²) in [5.74, 6) is 3.53. The monoisotopic (exact) mass is 299 g/mol. The van der Waals surface area contributed by atoms with Crippen LogP contribution in [0.3, 0.4) is 0 Å². The fourth-order valence-electron chi connectivity index (χ4n) is 2.19. The molecule has 1 aliphatic rings. The first-order chi connectivity index (χ1) is 9.74. The zero-order chi connectivity index (χ0) is 14.2. The molecule has 1 aromatic rings. The normalized spacial score (nSPS) is 17.9. The van der Waals surface area contributed by atoms with Gasteiger partial charge in [0.1, 0.15) is 24.3 Å². The maximum Gasteiger partial charge on any atom is 0.123 e. The molecule has 1 heterocycles. The molecule has 1 aromatic carbocycles. The predicted octanol–water partition coefficient (Wildman–Crippen LogP) is 2.30. The van der Waals surface area contributed by atoms with Crippen LogP contribution < -0.4 is 10.1 Å². The summed E-state index contributed by atoms with van der Waals surface area (Å²) in [7, 11) is 0.